The van der Waals surface area contributed by atoms with E-state index in [2.05, 4.69) is 20.3 Å². The molecule has 196 valence electrons. The molecule has 1 fully saturated rings. The van der Waals surface area contributed by atoms with Crippen molar-refractivity contribution >= 4 is 17.6 Å². The van der Waals surface area contributed by atoms with Crippen molar-refractivity contribution in [2.75, 3.05) is 12.4 Å². The van der Waals surface area contributed by atoms with Crippen molar-refractivity contribution in [2.45, 2.75) is 51.8 Å². The lowest BCUT2D eigenvalue weighted by Crippen LogP contribution is -2.45. The van der Waals surface area contributed by atoms with Gasteiger partial charge in [-0.3, -0.25) is 9.78 Å². The number of benzene rings is 1. The number of halogens is 3. The minimum absolute atomic E-state index is 0.160. The molecular weight excluding hydrogens is 485 g/mol. The van der Waals surface area contributed by atoms with Crippen LogP contribution in [-0.2, 0) is 21.3 Å². The first kappa shape index (κ1) is 26.5. The van der Waals surface area contributed by atoms with Crippen LogP contribution in [0.1, 0.15) is 50.1 Å². The van der Waals surface area contributed by atoms with Gasteiger partial charge in [0, 0.05) is 23.6 Å². The highest BCUT2D eigenvalue weighted by molar-refractivity contribution is 5.73. The van der Waals surface area contributed by atoms with Gasteiger partial charge in [0.05, 0.1) is 18.7 Å². The molecule has 37 heavy (non-hydrogen) atoms. The van der Waals surface area contributed by atoms with Crippen molar-refractivity contribution in [3.05, 3.63) is 65.7 Å². The number of carbonyl (C=O) groups is 1. The van der Waals surface area contributed by atoms with Crippen LogP contribution in [0.15, 0.2) is 48.8 Å². The van der Waals surface area contributed by atoms with E-state index >= 15 is 0 Å². The van der Waals surface area contributed by atoms with Gasteiger partial charge in [-0.2, -0.15) is 13.2 Å². The van der Waals surface area contributed by atoms with Crippen LogP contribution in [0.5, 0.6) is 0 Å². The zero-order chi connectivity index (χ0) is 27.0. The van der Waals surface area contributed by atoms with Crippen LogP contribution < -0.4 is 5.32 Å². The molecule has 2 heterocycles. The van der Waals surface area contributed by atoms with E-state index in [4.69, 9.17) is 4.74 Å². The second kappa shape index (κ2) is 9.74. The van der Waals surface area contributed by atoms with Crippen LogP contribution >= 0.6 is 0 Å². The second-order valence-corrected chi connectivity index (χ2v) is 10.2. The van der Waals surface area contributed by atoms with Crippen LogP contribution in [0.2, 0.25) is 0 Å². The summed E-state index contributed by atoms with van der Waals surface area (Å²) in [6, 6.07) is 9.91. The summed E-state index contributed by atoms with van der Waals surface area (Å²) in [6.07, 6.45) is -0.611. The number of rotatable bonds is 5. The molecule has 3 aromatic rings. The summed E-state index contributed by atoms with van der Waals surface area (Å²) >= 11 is 0. The maximum atomic E-state index is 13.0. The number of methoxy groups -OCH3 is 1. The van der Waals surface area contributed by atoms with Gasteiger partial charge >= 0.3 is 12.1 Å². The lowest BCUT2D eigenvalue weighted by molar-refractivity contribution is -0.158. The van der Waals surface area contributed by atoms with E-state index in [1.807, 2.05) is 32.9 Å². The van der Waals surface area contributed by atoms with Gasteiger partial charge in [-0.15, -0.1) is 0 Å². The Morgan fingerprint density at radius 1 is 1.14 bits per heavy atom. The Morgan fingerprint density at radius 2 is 1.89 bits per heavy atom. The molecule has 0 saturated heterocycles. The number of esters is 1. The van der Waals surface area contributed by atoms with Crippen LogP contribution in [-0.4, -0.2) is 33.1 Å². The predicted octanol–water partition coefficient (Wildman–Crippen LogP) is 5.80. The molecule has 1 aliphatic carbocycles. The number of pyridine rings is 1. The molecule has 0 radical (unpaired) electrons. The first-order chi connectivity index (χ1) is 17.3. The van der Waals surface area contributed by atoms with Gasteiger partial charge in [0.2, 0.25) is 5.95 Å². The summed E-state index contributed by atoms with van der Waals surface area (Å²) in [5, 5.41) is 14.3. The molecule has 4 rings (SSSR count). The largest absolute Gasteiger partial charge is 0.469 e. The average molecular weight is 515 g/mol. The zero-order valence-corrected chi connectivity index (χ0v) is 21.1. The Kier molecular flexibility index (Phi) is 6.98. The first-order valence-corrected chi connectivity index (χ1v) is 11.9. The molecule has 2 N–H and O–H groups in total. The molecule has 2 aromatic heterocycles. The molecule has 10 heteroatoms. The number of nitrogens with one attached hydrogen (secondary N) is 1. The lowest BCUT2D eigenvalue weighted by atomic mass is 9.62. The molecule has 2 atom stereocenters. The number of aryl methyl sites for hydroxylation is 1. The highest BCUT2D eigenvalue weighted by Crippen LogP contribution is 2.49. The maximum absolute atomic E-state index is 13.0. The zero-order valence-electron chi connectivity index (χ0n) is 21.1. The number of nitrogens with zero attached hydrogens (tertiary/aromatic N) is 3. The minimum Gasteiger partial charge on any atom is -0.469 e. The highest BCUT2D eigenvalue weighted by Gasteiger charge is 2.49. The fourth-order valence-corrected chi connectivity index (χ4v) is 5.10. The Bertz CT molecular complexity index is 1290. The first-order valence-electron chi connectivity index (χ1n) is 11.9. The maximum Gasteiger partial charge on any atom is 0.433 e. The van der Waals surface area contributed by atoms with Crippen molar-refractivity contribution in [1.29, 1.82) is 0 Å². The molecule has 0 bridgehead atoms. The summed E-state index contributed by atoms with van der Waals surface area (Å²) in [7, 11) is 1.37. The van der Waals surface area contributed by atoms with Crippen LogP contribution in [0.4, 0.5) is 24.8 Å². The Morgan fingerprint density at radius 3 is 2.51 bits per heavy atom. The Labute approximate surface area is 213 Å². The van der Waals surface area contributed by atoms with E-state index in [0.29, 0.717) is 30.6 Å². The molecule has 7 nitrogen and oxygen atoms in total. The molecule has 0 spiro atoms. The van der Waals surface area contributed by atoms with Gasteiger partial charge in [0.15, 0.2) is 0 Å². The molecule has 0 aliphatic heterocycles. The van der Waals surface area contributed by atoms with E-state index in [0.717, 1.165) is 29.0 Å². The summed E-state index contributed by atoms with van der Waals surface area (Å²) in [6.45, 7) is 5.76. The lowest BCUT2D eigenvalue weighted by Gasteiger charge is -2.45. The Balaban J connectivity index is 1.56. The van der Waals surface area contributed by atoms with Crippen molar-refractivity contribution in [3.8, 4) is 11.1 Å². The third-order valence-electron chi connectivity index (χ3n) is 6.88. The Hall–Kier alpha value is -3.53. The predicted molar refractivity (Wildman–Crippen MR) is 132 cm³/mol. The molecule has 1 aliphatic rings. The summed E-state index contributed by atoms with van der Waals surface area (Å²) in [5.41, 5.74) is 0.810. The van der Waals surface area contributed by atoms with Gasteiger partial charge in [0.1, 0.15) is 11.3 Å². The normalized spacial score (nSPS) is 21.4. The summed E-state index contributed by atoms with van der Waals surface area (Å²) < 4.78 is 43.9. The van der Waals surface area contributed by atoms with E-state index < -0.39 is 22.9 Å². The average Bonchev–Trinajstić information content (AvgIpc) is 2.82. The number of carbonyl (C=O) groups excluding carboxylic acids is 1. The molecule has 2 unspecified atom stereocenters. The van der Waals surface area contributed by atoms with Crippen molar-refractivity contribution in [1.82, 2.24) is 15.0 Å². The van der Waals surface area contributed by atoms with Crippen LogP contribution in [0, 0.1) is 18.3 Å². The van der Waals surface area contributed by atoms with Crippen molar-refractivity contribution in [2.24, 2.45) is 11.3 Å². The van der Waals surface area contributed by atoms with Crippen LogP contribution in [0.3, 0.4) is 0 Å². The number of hydrogen-bond acceptors (Lipinski definition) is 7. The second-order valence-electron chi connectivity index (χ2n) is 10.2. The van der Waals surface area contributed by atoms with Crippen LogP contribution in [0.25, 0.3) is 11.1 Å². The van der Waals surface area contributed by atoms with E-state index in [9.17, 15) is 23.1 Å². The molecule has 1 saturated carbocycles. The third kappa shape index (κ3) is 5.74. The summed E-state index contributed by atoms with van der Waals surface area (Å²) in [4.78, 5) is 24.2. The van der Waals surface area contributed by atoms with E-state index in [1.54, 1.807) is 24.4 Å². The fourth-order valence-electron chi connectivity index (χ4n) is 5.10. The van der Waals surface area contributed by atoms with E-state index in [1.165, 1.54) is 7.11 Å². The minimum atomic E-state index is -4.57. The number of alkyl halides is 3. The molecule has 0 amide bonds. The number of aromatic nitrogens is 3. The van der Waals surface area contributed by atoms with Gasteiger partial charge in [-0.05, 0) is 67.0 Å². The van der Waals surface area contributed by atoms with Gasteiger partial charge < -0.3 is 15.2 Å². The van der Waals surface area contributed by atoms with Crippen molar-refractivity contribution in [3.63, 3.8) is 0 Å². The number of aliphatic hydroxyl groups is 1. The smallest absolute Gasteiger partial charge is 0.433 e. The summed E-state index contributed by atoms with van der Waals surface area (Å²) in [5.74, 6) is -0.724. The van der Waals surface area contributed by atoms with Crippen molar-refractivity contribution < 1.29 is 27.8 Å². The fraction of sp³-hybridized carbons (Fsp3) is 0.407. The van der Waals surface area contributed by atoms with Gasteiger partial charge in [0.25, 0.3) is 0 Å². The standard InChI is InChI=1S/C27H29F3N4O3/c1-16-11-18(13-19(12-16)33-24-31-10-8-22(34-24)27(28,29)30)17-5-6-21(32-14-17)26(36)9-7-20(23(35)37-4)25(2,3)15-26/h5-6,8,10-14,20,36H,7,9,15H2,1-4H3,(H,31,33,34). The molecule has 1 aromatic carbocycles. The number of hydrogen-bond donors (Lipinski definition) is 2. The third-order valence-corrected chi connectivity index (χ3v) is 6.88. The quantitative estimate of drug-likeness (QED) is 0.416. The topological polar surface area (TPSA) is 97.2 Å². The SMILES string of the molecule is COC(=O)C1CCC(O)(c2ccc(-c3cc(C)cc(Nc4nccc(C(F)(F)F)n4)c3)cn2)CC1(C)C. The molecular formula is C27H29F3N4O3. The van der Waals surface area contributed by atoms with Gasteiger partial charge in [-0.1, -0.05) is 26.0 Å². The number of anilines is 2. The highest BCUT2D eigenvalue weighted by atomic mass is 19.4. The van der Waals surface area contributed by atoms with Gasteiger partial charge in [-0.25, -0.2) is 9.97 Å². The van der Waals surface area contributed by atoms with E-state index in [-0.39, 0.29) is 17.8 Å². The monoisotopic (exact) mass is 514 g/mol. The number of ether oxygens (including phenoxy) is 1.